The van der Waals surface area contributed by atoms with Gasteiger partial charge in [-0.15, -0.1) is 0 Å². The predicted molar refractivity (Wildman–Crippen MR) is 144 cm³/mol. The Bertz CT molecular complexity index is 1410. The summed E-state index contributed by atoms with van der Waals surface area (Å²) >= 11 is 12.7. The first-order chi connectivity index (χ1) is 18.0. The molecule has 1 aromatic heterocycles. The summed E-state index contributed by atoms with van der Waals surface area (Å²) in [7, 11) is 0. The van der Waals surface area contributed by atoms with Crippen LogP contribution >= 0.6 is 23.2 Å². The van der Waals surface area contributed by atoms with Gasteiger partial charge in [0.05, 0.1) is 16.4 Å². The van der Waals surface area contributed by atoms with Crippen LogP contribution in [0, 0.1) is 5.82 Å². The first kappa shape index (κ1) is 25.5. The number of benzene rings is 3. The lowest BCUT2D eigenvalue weighted by Gasteiger charge is -2.32. The SMILES string of the molecule is O=C(c1nn(-c2ccccc2Cl)c(-c2ccc(Cl)cc2)c1CCO)N1CCC(c2ccccc2F)CC1. The van der Waals surface area contributed by atoms with E-state index in [0.29, 0.717) is 58.5 Å². The van der Waals surface area contributed by atoms with Crippen LogP contribution in [0.5, 0.6) is 0 Å². The summed E-state index contributed by atoms with van der Waals surface area (Å²) in [6.45, 7) is 0.835. The lowest BCUT2D eigenvalue weighted by molar-refractivity contribution is 0.0704. The van der Waals surface area contributed by atoms with Gasteiger partial charge >= 0.3 is 0 Å². The van der Waals surface area contributed by atoms with E-state index in [1.54, 1.807) is 33.8 Å². The van der Waals surface area contributed by atoms with Crippen molar-refractivity contribution in [3.8, 4) is 16.9 Å². The molecule has 190 valence electrons. The van der Waals surface area contributed by atoms with Crippen molar-refractivity contribution in [2.75, 3.05) is 19.7 Å². The van der Waals surface area contributed by atoms with E-state index < -0.39 is 0 Å². The molecule has 1 saturated heterocycles. The Kier molecular flexibility index (Phi) is 7.60. The number of carbonyl (C=O) groups excluding carboxylic acids is 1. The van der Waals surface area contributed by atoms with Gasteiger partial charge in [0.1, 0.15) is 5.82 Å². The van der Waals surface area contributed by atoms with Gasteiger partial charge in [-0.25, -0.2) is 9.07 Å². The third-order valence-corrected chi connectivity index (χ3v) is 7.44. The number of aliphatic hydroxyl groups excluding tert-OH is 1. The molecule has 0 spiro atoms. The summed E-state index contributed by atoms with van der Waals surface area (Å²) in [5.41, 5.74) is 3.74. The Morgan fingerprint density at radius 3 is 2.32 bits per heavy atom. The predicted octanol–water partition coefficient (Wildman–Crippen LogP) is 6.54. The number of amides is 1. The highest BCUT2D eigenvalue weighted by atomic mass is 35.5. The van der Waals surface area contributed by atoms with Gasteiger partial charge in [-0.1, -0.05) is 65.7 Å². The molecular formula is C29H26Cl2FN3O2. The molecule has 37 heavy (non-hydrogen) atoms. The summed E-state index contributed by atoms with van der Waals surface area (Å²) in [5, 5.41) is 15.8. The zero-order chi connectivity index (χ0) is 25.9. The van der Waals surface area contributed by atoms with Crippen molar-refractivity contribution in [3.05, 3.63) is 105 Å². The van der Waals surface area contributed by atoms with Gasteiger partial charge in [-0.05, 0) is 54.7 Å². The van der Waals surface area contributed by atoms with Gasteiger partial charge in [-0.3, -0.25) is 4.79 Å². The summed E-state index contributed by atoms with van der Waals surface area (Å²) in [4.78, 5) is 15.6. The molecule has 3 aromatic carbocycles. The maximum Gasteiger partial charge on any atom is 0.274 e. The fourth-order valence-corrected chi connectivity index (χ4v) is 5.36. The molecule has 0 saturated carbocycles. The van der Waals surface area contributed by atoms with Crippen LogP contribution in [-0.4, -0.2) is 45.4 Å². The van der Waals surface area contributed by atoms with Crippen LogP contribution in [0.25, 0.3) is 16.9 Å². The second kappa shape index (κ2) is 11.1. The lowest BCUT2D eigenvalue weighted by atomic mass is 9.89. The molecule has 0 aliphatic carbocycles. The molecule has 0 unspecified atom stereocenters. The maximum atomic E-state index is 14.3. The average Bonchev–Trinajstić information content (AvgIpc) is 3.28. The fraction of sp³-hybridized carbons (Fsp3) is 0.241. The number of para-hydroxylation sites is 1. The van der Waals surface area contributed by atoms with Crippen molar-refractivity contribution in [3.63, 3.8) is 0 Å². The largest absolute Gasteiger partial charge is 0.396 e. The third kappa shape index (κ3) is 5.14. The van der Waals surface area contributed by atoms with Crippen LogP contribution in [0.1, 0.15) is 40.4 Å². The molecule has 5 rings (SSSR count). The normalized spacial score (nSPS) is 14.2. The number of nitrogens with zero attached hydrogens (tertiary/aromatic N) is 3. The maximum absolute atomic E-state index is 14.3. The summed E-state index contributed by atoms with van der Waals surface area (Å²) in [5.74, 6) is -0.354. The zero-order valence-electron chi connectivity index (χ0n) is 20.1. The van der Waals surface area contributed by atoms with Crippen LogP contribution < -0.4 is 0 Å². The van der Waals surface area contributed by atoms with Crippen molar-refractivity contribution in [2.24, 2.45) is 0 Å². The van der Waals surface area contributed by atoms with E-state index >= 15 is 0 Å². The van der Waals surface area contributed by atoms with Gasteiger partial charge in [0.2, 0.25) is 0 Å². The number of carbonyl (C=O) groups is 1. The zero-order valence-corrected chi connectivity index (χ0v) is 21.6. The molecule has 0 bridgehead atoms. The molecule has 1 amide bonds. The number of aliphatic hydroxyl groups is 1. The minimum absolute atomic E-state index is 0.0625. The van der Waals surface area contributed by atoms with Crippen LogP contribution in [0.3, 0.4) is 0 Å². The fourth-order valence-electron chi connectivity index (χ4n) is 5.02. The number of hydrogen-bond donors (Lipinski definition) is 1. The van der Waals surface area contributed by atoms with Crippen LogP contribution in [-0.2, 0) is 6.42 Å². The Hall–Kier alpha value is -3.19. The molecule has 1 N–H and O–H groups in total. The summed E-state index contributed by atoms with van der Waals surface area (Å²) in [6.07, 6.45) is 1.57. The molecule has 5 nitrogen and oxygen atoms in total. The molecule has 1 aliphatic heterocycles. The number of rotatable bonds is 6. The topological polar surface area (TPSA) is 58.4 Å². The van der Waals surface area contributed by atoms with E-state index in [1.807, 2.05) is 42.5 Å². The first-order valence-electron chi connectivity index (χ1n) is 12.2. The Labute approximate surface area is 225 Å². The summed E-state index contributed by atoms with van der Waals surface area (Å²) < 4.78 is 16.0. The minimum atomic E-state index is -0.212. The molecular weight excluding hydrogens is 512 g/mol. The van der Waals surface area contributed by atoms with Crippen molar-refractivity contribution in [2.45, 2.75) is 25.2 Å². The number of halogens is 3. The van der Waals surface area contributed by atoms with Crippen LogP contribution in [0.2, 0.25) is 10.0 Å². The molecule has 8 heteroatoms. The second-order valence-corrected chi connectivity index (χ2v) is 9.95. The van der Waals surface area contributed by atoms with E-state index in [2.05, 4.69) is 0 Å². The number of aromatic nitrogens is 2. The van der Waals surface area contributed by atoms with Crippen LogP contribution in [0.15, 0.2) is 72.8 Å². The molecule has 2 heterocycles. The number of likely N-dealkylation sites (tertiary alicyclic amines) is 1. The van der Waals surface area contributed by atoms with Crippen molar-refractivity contribution in [1.82, 2.24) is 14.7 Å². The van der Waals surface area contributed by atoms with E-state index in [4.69, 9.17) is 28.3 Å². The Balaban J connectivity index is 1.53. The highest BCUT2D eigenvalue weighted by Crippen LogP contribution is 2.35. The van der Waals surface area contributed by atoms with Gasteiger partial charge in [0, 0.05) is 42.3 Å². The Morgan fingerprint density at radius 2 is 1.65 bits per heavy atom. The second-order valence-electron chi connectivity index (χ2n) is 9.11. The summed E-state index contributed by atoms with van der Waals surface area (Å²) in [6, 6.07) is 21.4. The highest BCUT2D eigenvalue weighted by molar-refractivity contribution is 6.32. The van der Waals surface area contributed by atoms with Crippen LogP contribution in [0.4, 0.5) is 4.39 Å². The first-order valence-corrected chi connectivity index (χ1v) is 13.0. The van der Waals surface area contributed by atoms with Crippen molar-refractivity contribution >= 4 is 29.1 Å². The molecule has 1 fully saturated rings. The van der Waals surface area contributed by atoms with E-state index in [0.717, 1.165) is 5.56 Å². The Morgan fingerprint density at radius 1 is 0.973 bits per heavy atom. The van der Waals surface area contributed by atoms with E-state index in [1.165, 1.54) is 6.07 Å². The minimum Gasteiger partial charge on any atom is -0.396 e. The van der Waals surface area contributed by atoms with Gasteiger partial charge in [0.15, 0.2) is 5.69 Å². The lowest BCUT2D eigenvalue weighted by Crippen LogP contribution is -2.38. The van der Waals surface area contributed by atoms with Crippen molar-refractivity contribution < 1.29 is 14.3 Å². The third-order valence-electron chi connectivity index (χ3n) is 6.87. The standard InChI is InChI=1S/C29H26Cl2FN3O2/c30-21-11-9-20(10-12-21)28-23(15-18-36)27(33-35(28)26-8-4-2-6-24(26)31)29(37)34-16-13-19(14-17-34)22-5-1-3-7-25(22)32/h1-12,19,36H,13-18H2. The van der Waals surface area contributed by atoms with E-state index in [-0.39, 0.29) is 36.4 Å². The number of piperidine rings is 1. The number of hydrogen-bond acceptors (Lipinski definition) is 3. The smallest absolute Gasteiger partial charge is 0.274 e. The van der Waals surface area contributed by atoms with Crippen molar-refractivity contribution in [1.29, 1.82) is 0 Å². The molecule has 0 atom stereocenters. The monoisotopic (exact) mass is 537 g/mol. The average molecular weight is 538 g/mol. The molecule has 1 aliphatic rings. The van der Waals surface area contributed by atoms with Gasteiger partial charge < -0.3 is 10.0 Å². The quantitative estimate of drug-likeness (QED) is 0.303. The molecule has 4 aromatic rings. The van der Waals surface area contributed by atoms with E-state index in [9.17, 15) is 14.3 Å². The van der Waals surface area contributed by atoms with Gasteiger partial charge in [-0.2, -0.15) is 5.10 Å². The van der Waals surface area contributed by atoms with Gasteiger partial charge in [0.25, 0.3) is 5.91 Å². The molecule has 0 radical (unpaired) electrons. The highest BCUT2D eigenvalue weighted by Gasteiger charge is 2.31.